The molecule has 8 nitrogen and oxygen atoms in total. The van der Waals surface area contributed by atoms with Gasteiger partial charge in [-0.3, -0.25) is 0 Å². The Morgan fingerprint density at radius 1 is 0.647 bits per heavy atom. The third kappa shape index (κ3) is 8.29. The molecule has 2 aliphatic heterocycles. The van der Waals surface area contributed by atoms with Crippen LogP contribution in [0.15, 0.2) is 72.9 Å². The van der Waals surface area contributed by atoms with E-state index in [1.54, 1.807) is 0 Å². The fraction of sp³-hybridized carbons (Fsp3) is 0.463. The molecule has 5 aromatic rings. The standard InChI is InChI=1S/C23H27N5S.C18H23N3S/c1-16-24-13-10-21(25-16)28-14-11-18(12-15-28)26-23-27-22-19(8-5-9-20(22)29-23)17-6-3-2-4-7-17;1-2-5-13(6-3-1)15-7-4-8-16-17(15)21-18(22-16)20-14-9-11-19-12-10-14/h2-4,6-7,10,13,18-19H,5,8-9,11-12,14-15H2,1H3,(H,26,27);1-3,5-6,14-15,19H,4,7-12H2,(H,20,21). The molecule has 3 aromatic heterocycles. The number of anilines is 3. The van der Waals surface area contributed by atoms with Crippen molar-refractivity contribution in [1.29, 1.82) is 0 Å². The predicted octanol–water partition coefficient (Wildman–Crippen LogP) is 8.57. The summed E-state index contributed by atoms with van der Waals surface area (Å²) in [7, 11) is 0. The maximum absolute atomic E-state index is 5.06. The van der Waals surface area contributed by atoms with E-state index in [0.717, 1.165) is 60.9 Å². The number of fused-ring (bicyclic) bond motifs is 2. The van der Waals surface area contributed by atoms with E-state index in [2.05, 4.69) is 91.5 Å². The lowest BCUT2D eigenvalue weighted by atomic mass is 9.85. The molecule has 9 rings (SSSR count). The zero-order valence-electron chi connectivity index (χ0n) is 29.7. The van der Waals surface area contributed by atoms with Crippen molar-refractivity contribution in [2.45, 2.75) is 95.1 Å². The molecule has 5 heterocycles. The van der Waals surface area contributed by atoms with E-state index in [1.165, 1.54) is 83.6 Å². The molecule has 0 bridgehead atoms. The lowest BCUT2D eigenvalue weighted by Gasteiger charge is -2.33. The number of hydrogen-bond acceptors (Lipinski definition) is 10. The van der Waals surface area contributed by atoms with E-state index in [1.807, 2.05) is 41.9 Å². The fourth-order valence-corrected chi connectivity index (χ4v) is 10.5. The van der Waals surface area contributed by atoms with Crippen molar-refractivity contribution in [3.63, 3.8) is 0 Å². The van der Waals surface area contributed by atoms with Crippen molar-refractivity contribution in [3.05, 3.63) is 111 Å². The van der Waals surface area contributed by atoms with Gasteiger partial charge >= 0.3 is 0 Å². The van der Waals surface area contributed by atoms with E-state index in [9.17, 15) is 0 Å². The van der Waals surface area contributed by atoms with Gasteiger partial charge < -0.3 is 20.9 Å². The number of thiazole rings is 2. The van der Waals surface area contributed by atoms with Gasteiger partial charge in [0.25, 0.3) is 0 Å². The van der Waals surface area contributed by atoms with E-state index in [4.69, 9.17) is 9.97 Å². The summed E-state index contributed by atoms with van der Waals surface area (Å²) >= 11 is 3.75. The SMILES string of the molecule is Cc1nccc(N2CCC(Nc3nc4c(s3)CCCC4c3ccccc3)CC2)n1.c1ccc(C2CCCc3sc(NC4CCNCC4)nc32)cc1. The number of nitrogens with zero attached hydrogens (tertiary/aromatic N) is 5. The van der Waals surface area contributed by atoms with Gasteiger partial charge in [-0.05, 0) is 101 Å². The highest BCUT2D eigenvalue weighted by atomic mass is 32.1. The summed E-state index contributed by atoms with van der Waals surface area (Å²) < 4.78 is 0. The van der Waals surface area contributed by atoms with Crippen molar-refractivity contribution in [3.8, 4) is 0 Å². The summed E-state index contributed by atoms with van der Waals surface area (Å²) in [4.78, 5) is 24.2. The van der Waals surface area contributed by atoms with Crippen LogP contribution in [0.4, 0.5) is 16.1 Å². The smallest absolute Gasteiger partial charge is 0.183 e. The Hall–Kier alpha value is -3.86. The quantitative estimate of drug-likeness (QED) is 0.154. The lowest BCUT2D eigenvalue weighted by molar-refractivity contribution is 0.479. The van der Waals surface area contributed by atoms with Crippen LogP contribution < -0.4 is 20.9 Å². The molecule has 2 saturated heterocycles. The number of hydrogen-bond donors (Lipinski definition) is 3. The van der Waals surface area contributed by atoms with Crippen LogP contribution in [0, 0.1) is 6.92 Å². The summed E-state index contributed by atoms with van der Waals surface area (Å²) in [6, 6.07) is 24.8. The van der Waals surface area contributed by atoms with E-state index >= 15 is 0 Å². The first-order chi connectivity index (χ1) is 25.2. The van der Waals surface area contributed by atoms with Gasteiger partial charge in [-0.1, -0.05) is 60.7 Å². The van der Waals surface area contributed by atoms with Crippen molar-refractivity contribution < 1.29 is 0 Å². The third-order valence-electron chi connectivity index (χ3n) is 10.9. The highest BCUT2D eigenvalue weighted by Crippen LogP contribution is 2.42. The monoisotopic (exact) mass is 718 g/mol. The first kappa shape index (κ1) is 34.2. The maximum Gasteiger partial charge on any atom is 0.183 e. The Bertz CT molecular complexity index is 1840. The van der Waals surface area contributed by atoms with Crippen LogP contribution in [0.1, 0.15) is 101 Å². The van der Waals surface area contributed by atoms with Crippen LogP contribution in [0.3, 0.4) is 0 Å². The van der Waals surface area contributed by atoms with E-state index in [0.29, 0.717) is 23.9 Å². The van der Waals surface area contributed by atoms with Crippen LogP contribution in [0.2, 0.25) is 0 Å². The molecule has 0 radical (unpaired) electrons. The Balaban J connectivity index is 0.000000152. The minimum Gasteiger partial charge on any atom is -0.359 e. The number of nitrogens with one attached hydrogen (secondary N) is 3. The molecule has 4 aliphatic rings. The molecule has 2 aliphatic carbocycles. The summed E-state index contributed by atoms with van der Waals surface area (Å²) in [6.07, 6.45) is 13.8. The van der Waals surface area contributed by atoms with Gasteiger partial charge in [0.15, 0.2) is 10.3 Å². The van der Waals surface area contributed by atoms with Gasteiger partial charge in [0.2, 0.25) is 0 Å². The molecule has 3 N–H and O–H groups in total. The highest BCUT2D eigenvalue weighted by Gasteiger charge is 2.29. The fourth-order valence-electron chi connectivity index (χ4n) is 8.17. The Labute approximate surface area is 310 Å². The second kappa shape index (κ2) is 16.2. The minimum atomic E-state index is 0.453. The van der Waals surface area contributed by atoms with Crippen LogP contribution >= 0.6 is 22.7 Å². The van der Waals surface area contributed by atoms with Crippen molar-refractivity contribution in [2.75, 3.05) is 41.7 Å². The van der Waals surface area contributed by atoms with Gasteiger partial charge in [0, 0.05) is 53.0 Å². The number of aryl methyl sites for hydroxylation is 3. The van der Waals surface area contributed by atoms with Crippen LogP contribution in [-0.2, 0) is 12.8 Å². The van der Waals surface area contributed by atoms with Crippen LogP contribution in [-0.4, -0.2) is 58.2 Å². The predicted molar refractivity (Wildman–Crippen MR) is 212 cm³/mol. The number of rotatable bonds is 7. The van der Waals surface area contributed by atoms with Gasteiger partial charge in [-0.2, -0.15) is 0 Å². The molecular weight excluding hydrogens is 669 g/mol. The molecule has 2 atom stereocenters. The molecular formula is C41H50N8S2. The summed E-state index contributed by atoms with van der Waals surface area (Å²) in [6.45, 7) is 6.23. The minimum absolute atomic E-state index is 0.453. The molecule has 0 spiro atoms. The van der Waals surface area contributed by atoms with Crippen LogP contribution in [0.5, 0.6) is 0 Å². The van der Waals surface area contributed by atoms with Crippen molar-refractivity contribution in [2.24, 2.45) is 0 Å². The number of aromatic nitrogens is 4. The summed E-state index contributed by atoms with van der Waals surface area (Å²) in [5.41, 5.74) is 5.46. The summed E-state index contributed by atoms with van der Waals surface area (Å²) in [5.74, 6) is 2.83. The number of piperidine rings is 2. The normalized spacial score (nSPS) is 20.8. The topological polar surface area (TPSA) is 90.9 Å². The van der Waals surface area contributed by atoms with E-state index in [-0.39, 0.29) is 0 Å². The first-order valence-electron chi connectivity index (χ1n) is 19.0. The molecule has 51 heavy (non-hydrogen) atoms. The van der Waals surface area contributed by atoms with Crippen LogP contribution in [0.25, 0.3) is 0 Å². The van der Waals surface area contributed by atoms with Gasteiger partial charge in [0.05, 0.1) is 11.4 Å². The number of benzene rings is 2. The molecule has 2 aromatic carbocycles. The average Bonchev–Trinajstić information content (AvgIpc) is 3.80. The second-order valence-electron chi connectivity index (χ2n) is 14.4. The first-order valence-corrected chi connectivity index (χ1v) is 20.7. The second-order valence-corrected chi connectivity index (χ2v) is 16.6. The Morgan fingerprint density at radius 3 is 1.71 bits per heavy atom. The van der Waals surface area contributed by atoms with Gasteiger partial charge in [-0.25, -0.2) is 19.9 Å². The maximum atomic E-state index is 5.06. The Kier molecular flexibility index (Phi) is 10.9. The summed E-state index contributed by atoms with van der Waals surface area (Å²) in [5, 5.41) is 13.1. The van der Waals surface area contributed by atoms with E-state index < -0.39 is 0 Å². The zero-order chi connectivity index (χ0) is 34.4. The van der Waals surface area contributed by atoms with Gasteiger partial charge in [-0.15, -0.1) is 22.7 Å². The molecule has 0 saturated carbocycles. The lowest BCUT2D eigenvalue weighted by Crippen LogP contribution is -2.39. The molecule has 10 heteroatoms. The molecule has 266 valence electrons. The highest BCUT2D eigenvalue weighted by molar-refractivity contribution is 7.16. The largest absolute Gasteiger partial charge is 0.359 e. The van der Waals surface area contributed by atoms with Crippen molar-refractivity contribution >= 4 is 38.8 Å². The Morgan fingerprint density at radius 2 is 1.18 bits per heavy atom. The molecule has 0 amide bonds. The zero-order valence-corrected chi connectivity index (χ0v) is 31.3. The molecule has 2 unspecified atom stereocenters. The average molecular weight is 719 g/mol. The third-order valence-corrected chi connectivity index (χ3v) is 13.0. The van der Waals surface area contributed by atoms with Crippen molar-refractivity contribution in [1.82, 2.24) is 25.3 Å². The molecule has 2 fully saturated rings. The van der Waals surface area contributed by atoms with Gasteiger partial charge in [0.1, 0.15) is 11.6 Å².